The second kappa shape index (κ2) is 7.76. The molecule has 7 nitrogen and oxygen atoms in total. The highest BCUT2D eigenvalue weighted by molar-refractivity contribution is 5.73. The third-order valence-corrected chi connectivity index (χ3v) is 3.12. The van der Waals surface area contributed by atoms with E-state index in [-0.39, 0.29) is 24.2 Å². The molecule has 7 heteroatoms. The molecule has 1 rings (SSSR count). The minimum absolute atomic E-state index is 0.183. The lowest BCUT2D eigenvalue weighted by Crippen LogP contribution is -2.65. The molecule has 0 bridgehead atoms. The molecule has 0 aromatic rings. The molecule has 1 aliphatic heterocycles. The van der Waals surface area contributed by atoms with Crippen molar-refractivity contribution in [2.75, 3.05) is 35.0 Å². The summed E-state index contributed by atoms with van der Waals surface area (Å²) in [4.78, 5) is 11.3. The van der Waals surface area contributed by atoms with Gasteiger partial charge < -0.3 is 29.0 Å². The highest BCUT2D eigenvalue weighted by atomic mass is 16.7. The molecular weight excluding hydrogens is 254 g/mol. The number of amides is 1. The number of ether oxygens (including phenoxy) is 5. The van der Waals surface area contributed by atoms with Crippen molar-refractivity contribution in [3.63, 3.8) is 0 Å². The third-order valence-electron chi connectivity index (χ3n) is 3.12. The molecule has 0 spiro atoms. The van der Waals surface area contributed by atoms with Crippen molar-refractivity contribution in [1.82, 2.24) is 5.32 Å². The molecule has 0 aromatic carbocycles. The Balaban J connectivity index is 2.92. The van der Waals surface area contributed by atoms with E-state index in [9.17, 15) is 4.79 Å². The van der Waals surface area contributed by atoms with Crippen LogP contribution in [0.25, 0.3) is 0 Å². The highest BCUT2D eigenvalue weighted by Gasteiger charge is 2.47. The molecule has 0 saturated carbocycles. The van der Waals surface area contributed by atoms with E-state index in [0.717, 1.165) is 0 Å². The minimum Gasteiger partial charge on any atom is -0.382 e. The monoisotopic (exact) mass is 277 g/mol. The first-order valence-corrected chi connectivity index (χ1v) is 6.08. The number of hydrogen-bond acceptors (Lipinski definition) is 6. The number of carbonyl (C=O) groups excluding carboxylic acids is 1. The summed E-state index contributed by atoms with van der Waals surface area (Å²) in [7, 11) is 6.23. The van der Waals surface area contributed by atoms with Crippen LogP contribution in [0.2, 0.25) is 0 Å². The Morgan fingerprint density at radius 3 is 2.16 bits per heavy atom. The fraction of sp³-hybridized carbons (Fsp3) is 0.917. The van der Waals surface area contributed by atoms with Crippen LogP contribution in [0, 0.1) is 0 Å². The molecule has 1 heterocycles. The summed E-state index contributed by atoms with van der Waals surface area (Å²) in [6, 6.07) is -0.439. The molecule has 1 amide bonds. The molecule has 112 valence electrons. The summed E-state index contributed by atoms with van der Waals surface area (Å²) in [5, 5.41) is 2.78. The maximum Gasteiger partial charge on any atom is 0.217 e. The predicted octanol–water partition coefficient (Wildman–Crippen LogP) is -0.461. The summed E-state index contributed by atoms with van der Waals surface area (Å²) < 4.78 is 27.0. The molecular formula is C12H23NO6. The zero-order chi connectivity index (χ0) is 14.4. The van der Waals surface area contributed by atoms with Crippen molar-refractivity contribution >= 4 is 5.91 Å². The van der Waals surface area contributed by atoms with Crippen molar-refractivity contribution in [2.45, 2.75) is 37.6 Å². The van der Waals surface area contributed by atoms with Gasteiger partial charge in [0.25, 0.3) is 0 Å². The number of rotatable bonds is 6. The van der Waals surface area contributed by atoms with Gasteiger partial charge in [-0.05, 0) is 0 Å². The fourth-order valence-corrected chi connectivity index (χ4v) is 2.36. The largest absolute Gasteiger partial charge is 0.382 e. The lowest BCUT2D eigenvalue weighted by molar-refractivity contribution is -0.272. The molecule has 5 atom stereocenters. The van der Waals surface area contributed by atoms with Gasteiger partial charge in [0.1, 0.15) is 24.4 Å². The van der Waals surface area contributed by atoms with Crippen LogP contribution >= 0.6 is 0 Å². The van der Waals surface area contributed by atoms with Crippen LogP contribution in [0.1, 0.15) is 6.92 Å². The SMILES string of the molecule is COC[C@H]1O[C@@H](OC)[C@H](NC(C)=O)[C@@H](OC)[C@H]1OC. The Kier molecular flexibility index (Phi) is 6.67. The Labute approximate surface area is 113 Å². The zero-order valence-corrected chi connectivity index (χ0v) is 12.0. The van der Waals surface area contributed by atoms with Gasteiger partial charge in [-0.2, -0.15) is 0 Å². The maximum absolute atomic E-state index is 11.3. The topological polar surface area (TPSA) is 75.2 Å². The van der Waals surface area contributed by atoms with Crippen LogP contribution in [0.3, 0.4) is 0 Å². The van der Waals surface area contributed by atoms with Gasteiger partial charge >= 0.3 is 0 Å². The lowest BCUT2D eigenvalue weighted by Gasteiger charge is -2.44. The van der Waals surface area contributed by atoms with Crippen molar-refractivity contribution in [3.8, 4) is 0 Å². The van der Waals surface area contributed by atoms with E-state index in [1.54, 1.807) is 21.3 Å². The summed E-state index contributed by atoms with van der Waals surface area (Å²) in [5.41, 5.74) is 0. The average molecular weight is 277 g/mol. The van der Waals surface area contributed by atoms with E-state index in [1.165, 1.54) is 14.0 Å². The first-order chi connectivity index (χ1) is 9.08. The van der Waals surface area contributed by atoms with E-state index < -0.39 is 12.3 Å². The Hall–Kier alpha value is -0.730. The van der Waals surface area contributed by atoms with Gasteiger partial charge in [-0.3, -0.25) is 4.79 Å². The molecule has 19 heavy (non-hydrogen) atoms. The van der Waals surface area contributed by atoms with E-state index in [2.05, 4.69) is 5.32 Å². The molecule has 1 aliphatic rings. The number of hydrogen-bond donors (Lipinski definition) is 1. The van der Waals surface area contributed by atoms with Gasteiger partial charge in [0.2, 0.25) is 5.91 Å². The average Bonchev–Trinajstić information content (AvgIpc) is 2.38. The predicted molar refractivity (Wildman–Crippen MR) is 66.7 cm³/mol. The van der Waals surface area contributed by atoms with Crippen molar-refractivity contribution in [3.05, 3.63) is 0 Å². The molecule has 0 unspecified atom stereocenters. The van der Waals surface area contributed by atoms with Crippen LogP contribution in [0.15, 0.2) is 0 Å². The zero-order valence-electron chi connectivity index (χ0n) is 12.0. The normalized spacial score (nSPS) is 35.1. The van der Waals surface area contributed by atoms with Crippen molar-refractivity contribution in [2.24, 2.45) is 0 Å². The van der Waals surface area contributed by atoms with E-state index in [0.29, 0.717) is 6.61 Å². The summed E-state index contributed by atoms with van der Waals surface area (Å²) in [6.45, 7) is 1.79. The van der Waals surface area contributed by atoms with E-state index in [1.807, 2.05) is 0 Å². The second-order valence-electron chi connectivity index (χ2n) is 4.36. The van der Waals surface area contributed by atoms with Gasteiger partial charge in [-0.1, -0.05) is 0 Å². The fourth-order valence-electron chi connectivity index (χ4n) is 2.36. The second-order valence-corrected chi connectivity index (χ2v) is 4.36. The van der Waals surface area contributed by atoms with Crippen LogP contribution in [-0.4, -0.2) is 71.6 Å². The van der Waals surface area contributed by atoms with Gasteiger partial charge in [0.05, 0.1) is 6.61 Å². The molecule has 1 N–H and O–H groups in total. The van der Waals surface area contributed by atoms with E-state index >= 15 is 0 Å². The van der Waals surface area contributed by atoms with Crippen molar-refractivity contribution < 1.29 is 28.5 Å². The summed E-state index contributed by atoms with van der Waals surface area (Å²) >= 11 is 0. The van der Waals surface area contributed by atoms with Crippen LogP contribution < -0.4 is 5.32 Å². The van der Waals surface area contributed by atoms with E-state index in [4.69, 9.17) is 23.7 Å². The highest BCUT2D eigenvalue weighted by Crippen LogP contribution is 2.26. The van der Waals surface area contributed by atoms with Gasteiger partial charge in [0, 0.05) is 35.4 Å². The van der Waals surface area contributed by atoms with Crippen LogP contribution in [-0.2, 0) is 28.5 Å². The van der Waals surface area contributed by atoms with Crippen LogP contribution in [0.4, 0.5) is 0 Å². The first-order valence-electron chi connectivity index (χ1n) is 6.08. The number of nitrogens with one attached hydrogen (secondary N) is 1. The Morgan fingerprint density at radius 2 is 1.74 bits per heavy atom. The molecule has 1 saturated heterocycles. The smallest absolute Gasteiger partial charge is 0.217 e. The quantitative estimate of drug-likeness (QED) is 0.708. The molecule has 1 fully saturated rings. The summed E-state index contributed by atoms with van der Waals surface area (Å²) in [5.74, 6) is -0.183. The van der Waals surface area contributed by atoms with Gasteiger partial charge in [0.15, 0.2) is 6.29 Å². The number of methoxy groups -OCH3 is 4. The van der Waals surface area contributed by atoms with Gasteiger partial charge in [-0.15, -0.1) is 0 Å². The Bertz CT molecular complexity index is 287. The number of carbonyl (C=O) groups is 1. The molecule has 0 aliphatic carbocycles. The minimum atomic E-state index is -0.611. The van der Waals surface area contributed by atoms with Crippen LogP contribution in [0.5, 0.6) is 0 Å². The van der Waals surface area contributed by atoms with Crippen molar-refractivity contribution in [1.29, 1.82) is 0 Å². The third kappa shape index (κ3) is 3.87. The maximum atomic E-state index is 11.3. The van der Waals surface area contributed by atoms with Gasteiger partial charge in [-0.25, -0.2) is 0 Å². The lowest BCUT2D eigenvalue weighted by atomic mass is 9.96. The molecule has 0 aromatic heterocycles. The first kappa shape index (κ1) is 16.3. The standard InChI is InChI=1S/C12H23NO6/c1-7(14)13-9-11(17-4)10(16-3)8(6-15-2)19-12(9)18-5/h8-12H,6H2,1-5H3,(H,13,14)/t8-,9-,10+,11-,12-/m1/s1. The molecule has 0 radical (unpaired) electrons. The Morgan fingerprint density at radius 1 is 1.11 bits per heavy atom. The summed E-state index contributed by atoms with van der Waals surface area (Å²) in [6.07, 6.45) is -1.67.